The zero-order chi connectivity index (χ0) is 7.72. The fraction of sp³-hybridized carbons (Fsp3) is 1.00. The third kappa shape index (κ3) is 1.32. The monoisotopic (exact) mass is 143 g/mol. The maximum Gasteiger partial charge on any atom is 0.0576 e. The summed E-state index contributed by atoms with van der Waals surface area (Å²) in [5.74, 6) is 1.19. The second kappa shape index (κ2) is 2.89. The molecule has 60 valence electrons. The molecular formula is C8H17NO. The number of nitrogens with two attached hydrogens (primary N) is 1. The van der Waals surface area contributed by atoms with E-state index in [1.807, 2.05) is 0 Å². The summed E-state index contributed by atoms with van der Waals surface area (Å²) in [7, 11) is 0. The Morgan fingerprint density at radius 2 is 2.10 bits per heavy atom. The van der Waals surface area contributed by atoms with E-state index in [4.69, 9.17) is 10.5 Å². The first kappa shape index (κ1) is 8.02. The van der Waals surface area contributed by atoms with Crippen molar-refractivity contribution < 1.29 is 4.74 Å². The Morgan fingerprint density at radius 1 is 1.50 bits per heavy atom. The van der Waals surface area contributed by atoms with Gasteiger partial charge in [-0.2, -0.15) is 0 Å². The first-order chi connectivity index (χ1) is 4.63. The molecule has 2 nitrogen and oxygen atoms in total. The Labute approximate surface area is 62.7 Å². The third-order valence-electron chi connectivity index (χ3n) is 2.64. The van der Waals surface area contributed by atoms with Crippen LogP contribution in [0.4, 0.5) is 0 Å². The van der Waals surface area contributed by atoms with Crippen molar-refractivity contribution in [3.63, 3.8) is 0 Å². The summed E-state index contributed by atoms with van der Waals surface area (Å²) in [6.07, 6.45) is 0.399. The van der Waals surface area contributed by atoms with Crippen molar-refractivity contribution in [2.24, 2.45) is 17.6 Å². The summed E-state index contributed by atoms with van der Waals surface area (Å²) in [5.41, 5.74) is 5.77. The first-order valence-corrected chi connectivity index (χ1v) is 4.00. The highest BCUT2D eigenvalue weighted by Gasteiger charge is 2.32. The number of hydrogen-bond donors (Lipinski definition) is 1. The van der Waals surface area contributed by atoms with Crippen LogP contribution in [0.5, 0.6) is 0 Å². The molecular weight excluding hydrogens is 126 g/mol. The van der Waals surface area contributed by atoms with Crippen LogP contribution in [0.15, 0.2) is 0 Å². The molecule has 0 aromatic heterocycles. The molecule has 1 aliphatic heterocycles. The normalized spacial score (nSPS) is 43.8. The van der Waals surface area contributed by atoms with Gasteiger partial charge >= 0.3 is 0 Å². The summed E-state index contributed by atoms with van der Waals surface area (Å²) >= 11 is 0. The fourth-order valence-corrected chi connectivity index (χ4v) is 1.55. The van der Waals surface area contributed by atoms with Gasteiger partial charge in [0.1, 0.15) is 0 Å². The smallest absolute Gasteiger partial charge is 0.0576 e. The van der Waals surface area contributed by atoms with E-state index in [9.17, 15) is 0 Å². The first-order valence-electron chi connectivity index (χ1n) is 4.00. The molecule has 1 fully saturated rings. The molecule has 4 atom stereocenters. The predicted molar refractivity (Wildman–Crippen MR) is 41.7 cm³/mol. The lowest BCUT2D eigenvalue weighted by Crippen LogP contribution is -2.31. The Balaban J connectivity index is 2.49. The molecule has 0 saturated carbocycles. The number of hydrogen-bond acceptors (Lipinski definition) is 2. The van der Waals surface area contributed by atoms with Crippen molar-refractivity contribution in [2.45, 2.75) is 32.9 Å². The van der Waals surface area contributed by atoms with Gasteiger partial charge in [0.25, 0.3) is 0 Å². The SMILES string of the molecule is CC(N)C1COC(C)C1C. The number of rotatable bonds is 1. The van der Waals surface area contributed by atoms with E-state index in [1.54, 1.807) is 0 Å². The second-order valence-corrected chi connectivity index (χ2v) is 3.42. The van der Waals surface area contributed by atoms with Gasteiger partial charge in [0.15, 0.2) is 0 Å². The van der Waals surface area contributed by atoms with Crippen LogP contribution in [0.1, 0.15) is 20.8 Å². The van der Waals surface area contributed by atoms with Gasteiger partial charge in [-0.05, 0) is 19.8 Å². The van der Waals surface area contributed by atoms with Gasteiger partial charge in [0.05, 0.1) is 12.7 Å². The zero-order valence-electron chi connectivity index (χ0n) is 7.00. The molecule has 0 aliphatic carbocycles. The number of ether oxygens (including phenoxy) is 1. The third-order valence-corrected chi connectivity index (χ3v) is 2.64. The molecule has 10 heavy (non-hydrogen) atoms. The minimum atomic E-state index is 0.278. The van der Waals surface area contributed by atoms with Gasteiger partial charge in [-0.1, -0.05) is 6.92 Å². The molecule has 1 aliphatic rings. The molecule has 1 saturated heterocycles. The average Bonchev–Trinajstić information content (AvgIpc) is 2.14. The van der Waals surface area contributed by atoms with Crippen LogP contribution in [0, 0.1) is 11.8 Å². The van der Waals surface area contributed by atoms with E-state index in [2.05, 4.69) is 20.8 Å². The van der Waals surface area contributed by atoms with Crippen LogP contribution in [0.3, 0.4) is 0 Å². The molecule has 1 heterocycles. The highest BCUT2D eigenvalue weighted by atomic mass is 16.5. The van der Waals surface area contributed by atoms with Gasteiger partial charge in [-0.3, -0.25) is 0 Å². The van der Waals surface area contributed by atoms with Crippen molar-refractivity contribution >= 4 is 0 Å². The Bertz CT molecular complexity index is 114. The van der Waals surface area contributed by atoms with Gasteiger partial charge in [0, 0.05) is 12.0 Å². The van der Waals surface area contributed by atoms with Crippen LogP contribution >= 0.6 is 0 Å². The van der Waals surface area contributed by atoms with Crippen molar-refractivity contribution in [3.8, 4) is 0 Å². The molecule has 2 heteroatoms. The molecule has 0 amide bonds. The highest BCUT2D eigenvalue weighted by molar-refractivity contribution is 4.82. The van der Waals surface area contributed by atoms with Crippen LogP contribution in [-0.4, -0.2) is 18.8 Å². The topological polar surface area (TPSA) is 35.2 Å². The van der Waals surface area contributed by atoms with E-state index in [1.165, 1.54) is 0 Å². The summed E-state index contributed by atoms with van der Waals surface area (Å²) in [6.45, 7) is 7.24. The summed E-state index contributed by atoms with van der Waals surface area (Å²) in [6, 6.07) is 0.278. The zero-order valence-corrected chi connectivity index (χ0v) is 7.00. The summed E-state index contributed by atoms with van der Waals surface area (Å²) < 4.78 is 5.46. The van der Waals surface area contributed by atoms with E-state index < -0.39 is 0 Å². The molecule has 0 radical (unpaired) electrons. The van der Waals surface area contributed by atoms with E-state index in [0.717, 1.165) is 6.61 Å². The molecule has 0 bridgehead atoms. The van der Waals surface area contributed by atoms with E-state index in [-0.39, 0.29) is 6.04 Å². The molecule has 0 spiro atoms. The summed E-state index contributed by atoms with van der Waals surface area (Å²) in [5, 5.41) is 0. The Morgan fingerprint density at radius 3 is 2.30 bits per heavy atom. The van der Waals surface area contributed by atoms with Crippen LogP contribution in [0.2, 0.25) is 0 Å². The molecule has 0 aromatic rings. The van der Waals surface area contributed by atoms with Gasteiger partial charge < -0.3 is 10.5 Å². The quantitative estimate of drug-likeness (QED) is 0.594. The molecule has 4 unspecified atom stereocenters. The van der Waals surface area contributed by atoms with Crippen LogP contribution < -0.4 is 5.73 Å². The molecule has 1 rings (SSSR count). The van der Waals surface area contributed by atoms with Crippen molar-refractivity contribution in [1.29, 1.82) is 0 Å². The minimum Gasteiger partial charge on any atom is -0.378 e. The Kier molecular flexibility index (Phi) is 2.32. The lowest BCUT2D eigenvalue weighted by Gasteiger charge is -2.18. The van der Waals surface area contributed by atoms with Crippen LogP contribution in [-0.2, 0) is 4.74 Å². The maximum absolute atomic E-state index is 5.77. The van der Waals surface area contributed by atoms with Crippen molar-refractivity contribution in [2.75, 3.05) is 6.61 Å². The lowest BCUT2D eigenvalue weighted by atomic mass is 9.88. The van der Waals surface area contributed by atoms with E-state index >= 15 is 0 Å². The standard InChI is InChI=1S/C8H17NO/c1-5-7(3)10-4-8(5)6(2)9/h5-8H,4,9H2,1-3H3. The predicted octanol–water partition coefficient (Wildman–Crippen LogP) is 1.00. The van der Waals surface area contributed by atoms with E-state index in [0.29, 0.717) is 17.9 Å². The molecule has 0 aromatic carbocycles. The van der Waals surface area contributed by atoms with Crippen molar-refractivity contribution in [1.82, 2.24) is 0 Å². The molecule has 2 N–H and O–H groups in total. The Hall–Kier alpha value is -0.0800. The second-order valence-electron chi connectivity index (χ2n) is 3.42. The minimum absolute atomic E-state index is 0.278. The van der Waals surface area contributed by atoms with Gasteiger partial charge in [-0.15, -0.1) is 0 Å². The lowest BCUT2D eigenvalue weighted by molar-refractivity contribution is 0.107. The van der Waals surface area contributed by atoms with Crippen molar-refractivity contribution in [3.05, 3.63) is 0 Å². The largest absolute Gasteiger partial charge is 0.378 e. The van der Waals surface area contributed by atoms with Gasteiger partial charge in [-0.25, -0.2) is 0 Å². The van der Waals surface area contributed by atoms with Gasteiger partial charge in [0.2, 0.25) is 0 Å². The highest BCUT2D eigenvalue weighted by Crippen LogP contribution is 2.27. The summed E-state index contributed by atoms with van der Waals surface area (Å²) in [4.78, 5) is 0. The fourth-order valence-electron chi connectivity index (χ4n) is 1.55. The maximum atomic E-state index is 5.77. The average molecular weight is 143 g/mol. The van der Waals surface area contributed by atoms with Crippen LogP contribution in [0.25, 0.3) is 0 Å².